The number of benzene rings is 2. The molecular formula is C16H17NO2. The van der Waals surface area contributed by atoms with Gasteiger partial charge in [0.2, 0.25) is 0 Å². The van der Waals surface area contributed by atoms with Gasteiger partial charge in [-0.15, -0.1) is 0 Å². The van der Waals surface area contributed by atoms with Crippen molar-refractivity contribution in [3.63, 3.8) is 0 Å². The van der Waals surface area contributed by atoms with E-state index >= 15 is 0 Å². The molecule has 2 aromatic rings. The van der Waals surface area contributed by atoms with Gasteiger partial charge in [-0.05, 0) is 37.6 Å². The van der Waals surface area contributed by atoms with E-state index in [9.17, 15) is 9.90 Å². The van der Waals surface area contributed by atoms with Crippen molar-refractivity contribution >= 4 is 5.91 Å². The first-order valence-corrected chi connectivity index (χ1v) is 6.23. The monoisotopic (exact) mass is 255 g/mol. The first-order chi connectivity index (χ1) is 9.06. The van der Waals surface area contributed by atoms with E-state index in [-0.39, 0.29) is 17.7 Å². The second-order valence-corrected chi connectivity index (χ2v) is 4.66. The minimum absolute atomic E-state index is 0.0737. The van der Waals surface area contributed by atoms with Crippen LogP contribution in [0.25, 0.3) is 0 Å². The smallest absolute Gasteiger partial charge is 0.251 e. The Bertz CT molecular complexity index is 576. The maximum absolute atomic E-state index is 12.0. The van der Waals surface area contributed by atoms with Gasteiger partial charge in [0.25, 0.3) is 5.91 Å². The lowest BCUT2D eigenvalue weighted by molar-refractivity contribution is 0.0939. The molecular weight excluding hydrogens is 238 g/mol. The van der Waals surface area contributed by atoms with Crippen LogP contribution in [-0.2, 0) is 0 Å². The van der Waals surface area contributed by atoms with Gasteiger partial charge in [0.1, 0.15) is 5.75 Å². The normalized spacial score (nSPS) is 11.9. The Labute approximate surface area is 112 Å². The zero-order valence-electron chi connectivity index (χ0n) is 11.1. The molecule has 98 valence electrons. The molecule has 1 atom stereocenters. The number of aromatic hydroxyl groups is 1. The summed E-state index contributed by atoms with van der Waals surface area (Å²) in [5.74, 6) is -0.0976. The van der Waals surface area contributed by atoms with Crippen LogP contribution in [0, 0.1) is 6.92 Å². The van der Waals surface area contributed by atoms with Crippen LogP contribution in [0.2, 0.25) is 0 Å². The molecule has 1 unspecified atom stereocenters. The highest BCUT2D eigenvalue weighted by Crippen LogP contribution is 2.15. The van der Waals surface area contributed by atoms with Crippen LogP contribution < -0.4 is 5.32 Å². The Morgan fingerprint density at radius 1 is 1.16 bits per heavy atom. The van der Waals surface area contributed by atoms with Crippen molar-refractivity contribution in [3.05, 3.63) is 65.2 Å². The van der Waals surface area contributed by atoms with Gasteiger partial charge in [-0.2, -0.15) is 0 Å². The predicted octanol–water partition coefficient (Wildman–Crippen LogP) is 3.19. The third-order valence-electron chi connectivity index (χ3n) is 3.03. The fraction of sp³-hybridized carbons (Fsp3) is 0.188. The number of hydrogen-bond acceptors (Lipinski definition) is 2. The molecule has 0 spiro atoms. The van der Waals surface area contributed by atoms with Crippen molar-refractivity contribution in [2.75, 3.05) is 0 Å². The first kappa shape index (κ1) is 13.1. The number of phenolic OH excluding ortho intramolecular Hbond substituents is 1. The second-order valence-electron chi connectivity index (χ2n) is 4.66. The highest BCUT2D eigenvalue weighted by molar-refractivity contribution is 5.94. The summed E-state index contributed by atoms with van der Waals surface area (Å²) in [4.78, 5) is 12.0. The maximum atomic E-state index is 12.0. The number of carbonyl (C=O) groups is 1. The van der Waals surface area contributed by atoms with Crippen LogP contribution in [0.1, 0.15) is 34.5 Å². The van der Waals surface area contributed by atoms with Gasteiger partial charge in [-0.25, -0.2) is 0 Å². The highest BCUT2D eigenvalue weighted by Gasteiger charge is 2.11. The van der Waals surface area contributed by atoms with E-state index < -0.39 is 0 Å². The standard InChI is InChI=1S/C16H17NO2/c1-11-6-8-13(9-7-11)12(2)17-16(19)14-4-3-5-15(18)10-14/h3-10,12,18H,1-2H3,(H,17,19). The van der Waals surface area contributed by atoms with E-state index in [1.165, 1.54) is 11.6 Å². The van der Waals surface area contributed by atoms with E-state index in [1.807, 2.05) is 38.1 Å². The number of rotatable bonds is 3. The molecule has 0 aromatic heterocycles. The van der Waals surface area contributed by atoms with E-state index in [0.29, 0.717) is 5.56 Å². The summed E-state index contributed by atoms with van der Waals surface area (Å²) in [6, 6.07) is 14.3. The van der Waals surface area contributed by atoms with Crippen LogP contribution in [0.4, 0.5) is 0 Å². The molecule has 2 rings (SSSR count). The predicted molar refractivity (Wildman–Crippen MR) is 75.2 cm³/mol. The van der Waals surface area contributed by atoms with Gasteiger partial charge >= 0.3 is 0 Å². The zero-order valence-corrected chi connectivity index (χ0v) is 11.1. The summed E-state index contributed by atoms with van der Waals surface area (Å²) in [6.45, 7) is 3.96. The average molecular weight is 255 g/mol. The minimum atomic E-state index is -0.191. The number of phenols is 1. The third kappa shape index (κ3) is 3.35. The number of amides is 1. The summed E-state index contributed by atoms with van der Waals surface area (Å²) >= 11 is 0. The van der Waals surface area contributed by atoms with Crippen LogP contribution in [0.3, 0.4) is 0 Å². The Hall–Kier alpha value is -2.29. The Morgan fingerprint density at radius 2 is 1.84 bits per heavy atom. The van der Waals surface area contributed by atoms with Crippen LogP contribution in [0.5, 0.6) is 5.75 Å². The largest absolute Gasteiger partial charge is 0.508 e. The first-order valence-electron chi connectivity index (χ1n) is 6.23. The lowest BCUT2D eigenvalue weighted by Crippen LogP contribution is -2.26. The van der Waals surface area contributed by atoms with Crippen LogP contribution in [-0.4, -0.2) is 11.0 Å². The van der Waals surface area contributed by atoms with Gasteiger partial charge in [-0.1, -0.05) is 35.9 Å². The van der Waals surface area contributed by atoms with E-state index in [2.05, 4.69) is 5.32 Å². The Balaban J connectivity index is 2.08. The molecule has 19 heavy (non-hydrogen) atoms. The summed E-state index contributed by atoms with van der Waals surface area (Å²) in [5, 5.41) is 12.3. The number of carbonyl (C=O) groups excluding carboxylic acids is 1. The van der Waals surface area contributed by atoms with Crippen molar-refractivity contribution < 1.29 is 9.90 Å². The summed E-state index contributed by atoms with van der Waals surface area (Å²) in [5.41, 5.74) is 2.70. The molecule has 3 nitrogen and oxygen atoms in total. The molecule has 0 radical (unpaired) electrons. The lowest BCUT2D eigenvalue weighted by Gasteiger charge is -2.14. The zero-order chi connectivity index (χ0) is 13.8. The number of aryl methyl sites for hydroxylation is 1. The van der Waals surface area contributed by atoms with Crippen molar-refractivity contribution in [3.8, 4) is 5.75 Å². The average Bonchev–Trinajstić information content (AvgIpc) is 2.39. The molecule has 3 heteroatoms. The molecule has 0 heterocycles. The number of hydrogen-bond donors (Lipinski definition) is 2. The van der Waals surface area contributed by atoms with Crippen molar-refractivity contribution in [2.24, 2.45) is 0 Å². The summed E-state index contributed by atoms with van der Waals surface area (Å²) < 4.78 is 0. The molecule has 0 aliphatic heterocycles. The lowest BCUT2D eigenvalue weighted by atomic mass is 10.1. The minimum Gasteiger partial charge on any atom is -0.508 e. The van der Waals surface area contributed by atoms with Crippen molar-refractivity contribution in [2.45, 2.75) is 19.9 Å². The fourth-order valence-corrected chi connectivity index (χ4v) is 1.87. The molecule has 0 aliphatic rings. The second kappa shape index (κ2) is 5.57. The maximum Gasteiger partial charge on any atom is 0.251 e. The SMILES string of the molecule is Cc1ccc(C(C)NC(=O)c2cccc(O)c2)cc1. The van der Waals surface area contributed by atoms with Crippen LogP contribution in [0.15, 0.2) is 48.5 Å². The Kier molecular flexibility index (Phi) is 3.85. The van der Waals surface area contributed by atoms with Crippen LogP contribution >= 0.6 is 0 Å². The van der Waals surface area contributed by atoms with Gasteiger partial charge < -0.3 is 10.4 Å². The molecule has 0 fully saturated rings. The van der Waals surface area contributed by atoms with Gasteiger partial charge in [0.15, 0.2) is 0 Å². The fourth-order valence-electron chi connectivity index (χ4n) is 1.87. The molecule has 2 aromatic carbocycles. The van der Waals surface area contributed by atoms with E-state index in [1.54, 1.807) is 18.2 Å². The molecule has 0 saturated heterocycles. The van der Waals surface area contributed by atoms with Crippen molar-refractivity contribution in [1.82, 2.24) is 5.32 Å². The summed E-state index contributed by atoms with van der Waals surface area (Å²) in [6.07, 6.45) is 0. The quantitative estimate of drug-likeness (QED) is 0.885. The molecule has 1 amide bonds. The molecule has 2 N–H and O–H groups in total. The van der Waals surface area contributed by atoms with Gasteiger partial charge in [0, 0.05) is 5.56 Å². The van der Waals surface area contributed by atoms with Gasteiger partial charge in [-0.3, -0.25) is 4.79 Å². The summed E-state index contributed by atoms with van der Waals surface area (Å²) in [7, 11) is 0. The topological polar surface area (TPSA) is 49.3 Å². The third-order valence-corrected chi connectivity index (χ3v) is 3.03. The van der Waals surface area contributed by atoms with E-state index in [4.69, 9.17) is 0 Å². The van der Waals surface area contributed by atoms with Gasteiger partial charge in [0.05, 0.1) is 6.04 Å². The Morgan fingerprint density at radius 3 is 2.47 bits per heavy atom. The molecule has 0 bridgehead atoms. The molecule has 0 aliphatic carbocycles. The number of nitrogens with one attached hydrogen (secondary N) is 1. The van der Waals surface area contributed by atoms with E-state index in [0.717, 1.165) is 5.56 Å². The molecule has 0 saturated carbocycles. The highest BCUT2D eigenvalue weighted by atomic mass is 16.3. The van der Waals surface area contributed by atoms with Crippen molar-refractivity contribution in [1.29, 1.82) is 0 Å².